The first-order valence-corrected chi connectivity index (χ1v) is 5.51. The van der Waals surface area contributed by atoms with Crippen molar-refractivity contribution < 1.29 is 22.5 Å². The van der Waals surface area contributed by atoms with Gasteiger partial charge in [-0.25, -0.2) is 4.39 Å². The van der Waals surface area contributed by atoms with Crippen molar-refractivity contribution >= 4 is 12.6 Å². The third-order valence-electron chi connectivity index (χ3n) is 3.42. The van der Waals surface area contributed by atoms with Crippen molar-refractivity contribution in [3.8, 4) is 0 Å². The molecule has 3 nitrogen and oxygen atoms in total. The highest BCUT2D eigenvalue weighted by atomic mass is 19.2. The van der Waals surface area contributed by atoms with E-state index >= 15 is 0 Å². The Morgan fingerprint density at radius 2 is 1.50 bits per heavy atom. The van der Waals surface area contributed by atoms with Crippen LogP contribution in [0.1, 0.15) is 27.7 Å². The maximum atomic E-state index is 13.5. The molecule has 1 fully saturated rings. The van der Waals surface area contributed by atoms with Gasteiger partial charge < -0.3 is 9.31 Å². The molecule has 2 heterocycles. The van der Waals surface area contributed by atoms with Crippen molar-refractivity contribution in [2.24, 2.45) is 0 Å². The average molecular weight is 259 g/mol. The van der Waals surface area contributed by atoms with Crippen LogP contribution in [0.5, 0.6) is 0 Å². The third kappa shape index (κ3) is 2.01. The van der Waals surface area contributed by atoms with E-state index in [1.54, 1.807) is 27.7 Å². The summed E-state index contributed by atoms with van der Waals surface area (Å²) in [6, 6.07) is 0.708. The van der Waals surface area contributed by atoms with Crippen molar-refractivity contribution in [3.05, 3.63) is 23.8 Å². The van der Waals surface area contributed by atoms with Crippen molar-refractivity contribution in [2.75, 3.05) is 0 Å². The first kappa shape index (κ1) is 13.4. The lowest BCUT2D eigenvalue weighted by Crippen LogP contribution is -2.41. The van der Waals surface area contributed by atoms with E-state index in [9.17, 15) is 13.2 Å². The van der Waals surface area contributed by atoms with Gasteiger partial charge in [0.2, 0.25) is 5.95 Å². The van der Waals surface area contributed by atoms with Crippen LogP contribution in [-0.4, -0.2) is 23.3 Å². The van der Waals surface area contributed by atoms with Crippen molar-refractivity contribution in [1.29, 1.82) is 0 Å². The second-order valence-electron chi connectivity index (χ2n) is 5.23. The Morgan fingerprint density at radius 3 is 2.00 bits per heavy atom. The van der Waals surface area contributed by atoms with Gasteiger partial charge in [0.05, 0.1) is 11.2 Å². The van der Waals surface area contributed by atoms with Crippen LogP contribution in [0.4, 0.5) is 13.2 Å². The molecule has 0 radical (unpaired) electrons. The highest BCUT2D eigenvalue weighted by Crippen LogP contribution is 2.36. The summed E-state index contributed by atoms with van der Waals surface area (Å²) in [4.78, 5) is 2.84. The van der Waals surface area contributed by atoms with Crippen molar-refractivity contribution in [2.45, 2.75) is 38.9 Å². The predicted molar refractivity (Wildman–Crippen MR) is 59.8 cm³/mol. The summed E-state index contributed by atoms with van der Waals surface area (Å²) in [6.07, 6.45) is 0. The minimum absolute atomic E-state index is 0.243. The Hall–Kier alpha value is -1.08. The molecule has 18 heavy (non-hydrogen) atoms. The van der Waals surface area contributed by atoms with Gasteiger partial charge in [-0.1, -0.05) is 0 Å². The molecule has 2 rings (SSSR count). The van der Waals surface area contributed by atoms with E-state index in [0.29, 0.717) is 6.07 Å². The highest BCUT2D eigenvalue weighted by molar-refractivity contribution is 6.62. The molecule has 1 aliphatic rings. The van der Waals surface area contributed by atoms with Crippen molar-refractivity contribution in [1.82, 2.24) is 4.98 Å². The lowest BCUT2D eigenvalue weighted by molar-refractivity contribution is 0.00578. The number of hydrogen-bond acceptors (Lipinski definition) is 3. The third-order valence-corrected chi connectivity index (χ3v) is 3.42. The quantitative estimate of drug-likeness (QED) is 0.569. The Bertz CT molecular complexity index is 477. The van der Waals surface area contributed by atoms with Gasteiger partial charge in [-0.15, -0.1) is 0 Å². The molecule has 1 aromatic heterocycles. The lowest BCUT2D eigenvalue weighted by Gasteiger charge is -2.32. The summed E-state index contributed by atoms with van der Waals surface area (Å²) in [5.41, 5.74) is -1.61. The minimum Gasteiger partial charge on any atom is -0.399 e. The topological polar surface area (TPSA) is 31.4 Å². The van der Waals surface area contributed by atoms with Gasteiger partial charge in [-0.2, -0.15) is 13.8 Å². The van der Waals surface area contributed by atoms with Crippen LogP contribution in [0.3, 0.4) is 0 Å². The van der Waals surface area contributed by atoms with Crippen molar-refractivity contribution in [3.63, 3.8) is 0 Å². The second kappa shape index (κ2) is 3.96. The summed E-state index contributed by atoms with van der Waals surface area (Å²) >= 11 is 0. The Morgan fingerprint density at radius 1 is 1.00 bits per heavy atom. The largest absolute Gasteiger partial charge is 0.499 e. The molecule has 0 saturated carbocycles. The minimum atomic E-state index is -1.48. The van der Waals surface area contributed by atoms with Crippen LogP contribution in [0.25, 0.3) is 0 Å². The van der Waals surface area contributed by atoms with E-state index in [-0.39, 0.29) is 5.46 Å². The van der Waals surface area contributed by atoms with Crippen LogP contribution in [0.15, 0.2) is 6.07 Å². The molecule has 0 atom stereocenters. The van der Waals surface area contributed by atoms with Gasteiger partial charge in [0.15, 0.2) is 5.82 Å². The summed E-state index contributed by atoms with van der Waals surface area (Å²) in [5.74, 6) is -3.85. The van der Waals surface area contributed by atoms with Gasteiger partial charge in [0.1, 0.15) is 0 Å². The lowest BCUT2D eigenvalue weighted by atomic mass is 9.80. The van der Waals surface area contributed by atoms with E-state index in [4.69, 9.17) is 9.31 Å². The standard InChI is InChI=1S/C11H13BF3NO2/c1-10(2)11(3,4)18-12(17-10)6-5-7(13)9(15)16-8(6)14/h5H,1-4H3. The van der Waals surface area contributed by atoms with E-state index in [0.717, 1.165) is 0 Å². The molecular formula is C11H13BF3NO2. The molecule has 0 bridgehead atoms. The molecule has 7 heteroatoms. The Kier molecular flexibility index (Phi) is 2.94. The molecule has 1 aliphatic heterocycles. The van der Waals surface area contributed by atoms with Crippen LogP contribution in [0, 0.1) is 17.7 Å². The van der Waals surface area contributed by atoms with Gasteiger partial charge in [0, 0.05) is 5.46 Å². The first-order chi connectivity index (χ1) is 8.14. The highest BCUT2D eigenvalue weighted by Gasteiger charge is 2.52. The molecule has 0 aromatic carbocycles. The zero-order valence-electron chi connectivity index (χ0n) is 10.6. The fourth-order valence-electron chi connectivity index (χ4n) is 1.60. The summed E-state index contributed by atoms with van der Waals surface area (Å²) in [7, 11) is -1.10. The monoisotopic (exact) mass is 259 g/mol. The molecular weight excluding hydrogens is 246 g/mol. The second-order valence-corrected chi connectivity index (χ2v) is 5.23. The summed E-state index contributed by atoms with van der Waals surface area (Å²) in [5, 5.41) is 0. The zero-order chi connectivity index (χ0) is 13.7. The van der Waals surface area contributed by atoms with Gasteiger partial charge in [-0.05, 0) is 33.8 Å². The van der Waals surface area contributed by atoms with Gasteiger partial charge in [-0.3, -0.25) is 0 Å². The molecule has 0 unspecified atom stereocenters. The van der Waals surface area contributed by atoms with Gasteiger partial charge in [0.25, 0.3) is 5.95 Å². The van der Waals surface area contributed by atoms with Crippen LogP contribution in [0.2, 0.25) is 0 Å². The van der Waals surface area contributed by atoms with Crippen LogP contribution < -0.4 is 5.46 Å². The normalized spacial score (nSPS) is 21.4. The Labute approximate surface area is 103 Å². The van der Waals surface area contributed by atoms with E-state index in [2.05, 4.69) is 4.98 Å². The molecule has 0 amide bonds. The smallest absolute Gasteiger partial charge is 0.399 e. The maximum absolute atomic E-state index is 13.5. The zero-order valence-corrected chi connectivity index (χ0v) is 10.6. The molecule has 0 aliphatic carbocycles. The first-order valence-electron chi connectivity index (χ1n) is 5.51. The fourth-order valence-corrected chi connectivity index (χ4v) is 1.60. The number of pyridine rings is 1. The number of nitrogens with zero attached hydrogens (tertiary/aromatic N) is 1. The predicted octanol–water partition coefficient (Wildman–Crippen LogP) is 1.80. The summed E-state index contributed by atoms with van der Waals surface area (Å²) in [6.45, 7) is 7.10. The van der Waals surface area contributed by atoms with E-state index in [1.165, 1.54) is 0 Å². The number of halogens is 3. The molecule has 98 valence electrons. The number of rotatable bonds is 1. The van der Waals surface area contributed by atoms with E-state index < -0.39 is 36.0 Å². The van der Waals surface area contributed by atoms with Gasteiger partial charge >= 0.3 is 7.12 Å². The van der Waals surface area contributed by atoms with E-state index in [1.807, 2.05) is 0 Å². The molecule has 0 N–H and O–H groups in total. The Balaban J connectivity index is 2.38. The fraction of sp³-hybridized carbons (Fsp3) is 0.545. The van der Waals surface area contributed by atoms with Crippen LogP contribution >= 0.6 is 0 Å². The maximum Gasteiger partial charge on any atom is 0.499 e. The average Bonchev–Trinajstić information content (AvgIpc) is 2.42. The molecule has 1 saturated heterocycles. The number of aromatic nitrogens is 1. The SMILES string of the molecule is CC1(C)OB(c2cc(F)c(F)nc2F)OC1(C)C. The molecule has 1 aromatic rings. The summed E-state index contributed by atoms with van der Waals surface area (Å²) < 4.78 is 50.4. The van der Waals surface area contributed by atoms with Crippen LogP contribution in [-0.2, 0) is 9.31 Å². The molecule has 0 spiro atoms. The number of hydrogen-bond donors (Lipinski definition) is 0.